The third-order valence-electron chi connectivity index (χ3n) is 4.31. The normalized spacial score (nSPS) is 10.9. The van der Waals surface area contributed by atoms with E-state index in [1.54, 1.807) is 0 Å². The molecule has 0 bridgehead atoms. The van der Waals surface area contributed by atoms with Crippen LogP contribution >= 0.6 is 0 Å². The molecule has 2 aromatic heterocycles. The van der Waals surface area contributed by atoms with Crippen LogP contribution in [0, 0.1) is 0 Å². The Labute approximate surface area is 160 Å². The topological polar surface area (TPSA) is 107 Å². The third-order valence-corrected chi connectivity index (χ3v) is 4.31. The molecule has 4 aromatic rings. The number of benzene rings is 2. The second-order valence-corrected chi connectivity index (χ2v) is 6.58. The molecule has 2 heterocycles. The molecule has 0 fully saturated rings. The van der Waals surface area contributed by atoms with E-state index < -0.39 is 5.97 Å². The summed E-state index contributed by atoms with van der Waals surface area (Å²) in [6, 6.07) is 13.6. The monoisotopic (exact) mass is 377 g/mol. The summed E-state index contributed by atoms with van der Waals surface area (Å²) in [5.74, 6) is 0.00129. The highest BCUT2D eigenvalue weighted by Crippen LogP contribution is 2.22. The van der Waals surface area contributed by atoms with Gasteiger partial charge in [0.05, 0.1) is 11.0 Å². The molecule has 8 nitrogen and oxygen atoms in total. The first kappa shape index (κ1) is 17.6. The SMILES string of the molecule is CN(C)c1nc2ccc(NCc3ccc(-c4nc(C(=O)O)co4)cc3)cc2[nH]1. The number of imidazole rings is 1. The standard InChI is InChI=1S/C20H19N5O3/c1-25(2)20-23-15-8-7-14(9-16(15)24-20)21-10-12-3-5-13(6-4-12)18-22-17(11-28-18)19(26)27/h3-9,11,21H,10H2,1-2H3,(H,23,24)(H,26,27). The maximum atomic E-state index is 10.9. The molecule has 0 saturated carbocycles. The highest BCUT2D eigenvalue weighted by molar-refractivity contribution is 5.85. The number of hydrogen-bond donors (Lipinski definition) is 3. The summed E-state index contributed by atoms with van der Waals surface area (Å²) in [5.41, 5.74) is 4.59. The zero-order chi connectivity index (χ0) is 19.7. The van der Waals surface area contributed by atoms with Crippen molar-refractivity contribution in [1.82, 2.24) is 15.0 Å². The molecule has 2 aromatic carbocycles. The first-order valence-corrected chi connectivity index (χ1v) is 8.69. The minimum atomic E-state index is -1.11. The first-order valence-electron chi connectivity index (χ1n) is 8.69. The number of H-pyrrole nitrogens is 1. The highest BCUT2D eigenvalue weighted by Gasteiger charge is 2.11. The average molecular weight is 377 g/mol. The number of rotatable bonds is 6. The van der Waals surface area contributed by atoms with Gasteiger partial charge >= 0.3 is 5.97 Å². The number of carbonyl (C=O) groups is 1. The number of aromatic amines is 1. The van der Waals surface area contributed by atoms with Crippen LogP contribution in [0.15, 0.2) is 53.1 Å². The van der Waals surface area contributed by atoms with Crippen LogP contribution in [0.5, 0.6) is 0 Å². The van der Waals surface area contributed by atoms with Crippen LogP contribution in [0.2, 0.25) is 0 Å². The Bertz CT molecular complexity index is 1130. The van der Waals surface area contributed by atoms with E-state index >= 15 is 0 Å². The lowest BCUT2D eigenvalue weighted by Gasteiger charge is -2.07. The number of fused-ring (bicyclic) bond motifs is 1. The van der Waals surface area contributed by atoms with Gasteiger partial charge in [0.1, 0.15) is 6.26 Å². The molecule has 4 rings (SSSR count). The first-order chi connectivity index (χ1) is 13.5. The van der Waals surface area contributed by atoms with E-state index in [-0.39, 0.29) is 5.69 Å². The summed E-state index contributed by atoms with van der Waals surface area (Å²) < 4.78 is 5.22. The average Bonchev–Trinajstić information content (AvgIpc) is 3.34. The molecule has 142 valence electrons. The van der Waals surface area contributed by atoms with Crippen LogP contribution in [0.25, 0.3) is 22.5 Å². The van der Waals surface area contributed by atoms with Gasteiger partial charge in [-0.25, -0.2) is 14.8 Å². The van der Waals surface area contributed by atoms with Crippen molar-refractivity contribution in [2.75, 3.05) is 24.3 Å². The second-order valence-electron chi connectivity index (χ2n) is 6.58. The van der Waals surface area contributed by atoms with Gasteiger partial charge in [-0.2, -0.15) is 0 Å². The molecule has 0 aliphatic heterocycles. The molecular weight excluding hydrogens is 358 g/mol. The predicted molar refractivity (Wildman–Crippen MR) is 107 cm³/mol. The van der Waals surface area contributed by atoms with Crippen molar-refractivity contribution >= 4 is 28.6 Å². The molecule has 0 saturated heterocycles. The van der Waals surface area contributed by atoms with Gasteiger partial charge in [0, 0.05) is 31.9 Å². The van der Waals surface area contributed by atoms with Gasteiger partial charge in [-0.3, -0.25) is 0 Å². The number of carboxylic acid groups (broad SMARTS) is 1. The molecule has 0 atom stereocenters. The van der Waals surface area contributed by atoms with Gasteiger partial charge < -0.3 is 24.7 Å². The molecule has 0 amide bonds. The number of aromatic nitrogens is 3. The van der Waals surface area contributed by atoms with Gasteiger partial charge in [-0.15, -0.1) is 0 Å². The fourth-order valence-corrected chi connectivity index (χ4v) is 2.79. The van der Waals surface area contributed by atoms with Crippen molar-refractivity contribution in [3.05, 3.63) is 60.0 Å². The van der Waals surface area contributed by atoms with Crippen molar-refractivity contribution in [1.29, 1.82) is 0 Å². The van der Waals surface area contributed by atoms with E-state index in [1.165, 1.54) is 0 Å². The molecule has 0 aliphatic carbocycles. The lowest BCUT2D eigenvalue weighted by atomic mass is 10.1. The predicted octanol–water partition coefficient (Wildman–Crippen LogP) is 3.59. The van der Waals surface area contributed by atoms with E-state index in [1.807, 2.05) is 61.5 Å². The molecule has 0 spiro atoms. The van der Waals surface area contributed by atoms with E-state index in [0.29, 0.717) is 12.4 Å². The number of aromatic carboxylic acids is 1. The van der Waals surface area contributed by atoms with Crippen LogP contribution in [0.3, 0.4) is 0 Å². The minimum Gasteiger partial charge on any atom is -0.476 e. The highest BCUT2D eigenvalue weighted by atomic mass is 16.4. The van der Waals surface area contributed by atoms with Crippen LogP contribution in [0.4, 0.5) is 11.6 Å². The van der Waals surface area contributed by atoms with Crippen molar-refractivity contribution in [3.63, 3.8) is 0 Å². The Morgan fingerprint density at radius 3 is 2.64 bits per heavy atom. The van der Waals surface area contributed by atoms with E-state index in [4.69, 9.17) is 9.52 Å². The lowest BCUT2D eigenvalue weighted by molar-refractivity contribution is 0.0690. The van der Waals surface area contributed by atoms with E-state index in [0.717, 1.165) is 40.1 Å². The van der Waals surface area contributed by atoms with E-state index in [2.05, 4.69) is 20.3 Å². The van der Waals surface area contributed by atoms with Crippen molar-refractivity contribution in [2.45, 2.75) is 6.54 Å². The number of nitrogens with zero attached hydrogens (tertiary/aromatic N) is 3. The van der Waals surface area contributed by atoms with Gasteiger partial charge in [0.25, 0.3) is 0 Å². The van der Waals surface area contributed by atoms with Gasteiger partial charge in [-0.05, 0) is 35.9 Å². The Morgan fingerprint density at radius 1 is 1.18 bits per heavy atom. The maximum Gasteiger partial charge on any atom is 0.357 e. The van der Waals surface area contributed by atoms with Crippen LogP contribution in [-0.4, -0.2) is 40.1 Å². The lowest BCUT2D eigenvalue weighted by Crippen LogP contribution is -2.09. The number of carboxylic acids is 1. The molecule has 0 unspecified atom stereocenters. The Morgan fingerprint density at radius 2 is 1.96 bits per heavy atom. The number of nitrogens with one attached hydrogen (secondary N) is 2. The summed E-state index contributed by atoms with van der Waals surface area (Å²) in [6.07, 6.45) is 1.14. The fraction of sp³-hybridized carbons (Fsp3) is 0.150. The maximum absolute atomic E-state index is 10.9. The van der Waals surface area contributed by atoms with Crippen LogP contribution < -0.4 is 10.2 Å². The molecule has 8 heteroatoms. The smallest absolute Gasteiger partial charge is 0.357 e. The Kier molecular flexibility index (Phi) is 4.44. The summed E-state index contributed by atoms with van der Waals surface area (Å²) in [6.45, 7) is 0.645. The van der Waals surface area contributed by atoms with Gasteiger partial charge in [0.15, 0.2) is 5.69 Å². The quantitative estimate of drug-likeness (QED) is 0.471. The fourth-order valence-electron chi connectivity index (χ4n) is 2.79. The summed E-state index contributed by atoms with van der Waals surface area (Å²) in [7, 11) is 3.89. The number of hydrogen-bond acceptors (Lipinski definition) is 6. The van der Waals surface area contributed by atoms with Crippen molar-refractivity contribution < 1.29 is 14.3 Å². The van der Waals surface area contributed by atoms with Crippen LogP contribution in [0.1, 0.15) is 16.1 Å². The van der Waals surface area contributed by atoms with Gasteiger partial charge in [-0.1, -0.05) is 12.1 Å². The Hall–Kier alpha value is -3.81. The van der Waals surface area contributed by atoms with E-state index in [9.17, 15) is 4.79 Å². The minimum absolute atomic E-state index is 0.104. The zero-order valence-electron chi connectivity index (χ0n) is 15.4. The summed E-state index contributed by atoms with van der Waals surface area (Å²) in [5, 5.41) is 12.3. The van der Waals surface area contributed by atoms with Crippen molar-refractivity contribution in [3.8, 4) is 11.5 Å². The molecule has 3 N–H and O–H groups in total. The Balaban J connectivity index is 1.44. The molecule has 0 aliphatic rings. The van der Waals surface area contributed by atoms with Gasteiger partial charge in [0.2, 0.25) is 11.8 Å². The van der Waals surface area contributed by atoms with Crippen LogP contribution in [-0.2, 0) is 6.54 Å². The zero-order valence-corrected chi connectivity index (χ0v) is 15.4. The second kappa shape index (κ2) is 7.07. The number of anilines is 2. The molecule has 28 heavy (non-hydrogen) atoms. The summed E-state index contributed by atoms with van der Waals surface area (Å²) >= 11 is 0. The summed E-state index contributed by atoms with van der Waals surface area (Å²) in [4.78, 5) is 24.6. The number of oxazole rings is 1. The molecule has 0 radical (unpaired) electrons. The third kappa shape index (κ3) is 3.52. The largest absolute Gasteiger partial charge is 0.476 e. The van der Waals surface area contributed by atoms with Crippen molar-refractivity contribution in [2.24, 2.45) is 0 Å². The molecular formula is C20H19N5O3.